The first-order valence-electron chi connectivity index (χ1n) is 3.86. The Balaban J connectivity index is 0.000000255. The van der Waals surface area contributed by atoms with Gasteiger partial charge in [0.2, 0.25) is 0 Å². The molecule has 1 atom stereocenters. The molecular weight excluding hydrogens is 186 g/mol. The molecule has 0 aromatic rings. The standard InChI is InChI=1S/C6H4O2.C3H7NO2/c7-5-1-2-6(8)4-3-5;1-2(4)3(5)6/h1-4H;2H,4H2,1H3,(H,5,6)/t;2-/m.0/s1. The predicted octanol–water partition coefficient (Wildman–Crippen LogP) is -0.331. The normalized spacial score (nSPS) is 15.9. The molecule has 0 spiro atoms. The van der Waals surface area contributed by atoms with Crippen molar-refractivity contribution in [2.75, 3.05) is 0 Å². The number of hydrogen-bond donors (Lipinski definition) is 2. The fourth-order valence-electron chi connectivity index (χ4n) is 0.440. The number of nitrogens with two attached hydrogens (primary N) is 1. The van der Waals surface area contributed by atoms with Crippen LogP contribution in [0.5, 0.6) is 0 Å². The Kier molecular flexibility index (Phi) is 5.09. The van der Waals surface area contributed by atoms with E-state index in [1.807, 2.05) is 0 Å². The molecule has 0 bridgehead atoms. The van der Waals surface area contributed by atoms with Crippen molar-refractivity contribution in [3.63, 3.8) is 0 Å². The third-order valence-electron chi connectivity index (χ3n) is 1.21. The lowest BCUT2D eigenvalue weighted by Gasteiger charge is -1.90. The highest BCUT2D eigenvalue weighted by Crippen LogP contribution is 1.90. The lowest BCUT2D eigenvalue weighted by Crippen LogP contribution is -2.25. The molecule has 1 rings (SSSR count). The first kappa shape index (κ1) is 12.2. The summed E-state index contributed by atoms with van der Waals surface area (Å²) in [5, 5.41) is 7.87. The maximum atomic E-state index is 10.3. The van der Waals surface area contributed by atoms with Gasteiger partial charge in [0.05, 0.1) is 0 Å². The molecule has 3 N–H and O–H groups in total. The van der Waals surface area contributed by atoms with Gasteiger partial charge in [-0.25, -0.2) is 0 Å². The van der Waals surface area contributed by atoms with Crippen LogP contribution in [-0.4, -0.2) is 28.7 Å². The summed E-state index contributed by atoms with van der Waals surface area (Å²) in [5.41, 5.74) is 4.84. The summed E-state index contributed by atoms with van der Waals surface area (Å²) < 4.78 is 0. The molecular formula is C9H11NO4. The average Bonchev–Trinajstić information content (AvgIpc) is 2.11. The second-order valence-corrected chi connectivity index (χ2v) is 2.60. The fraction of sp³-hybridized carbons (Fsp3) is 0.222. The second kappa shape index (κ2) is 5.82. The molecule has 0 radical (unpaired) electrons. The number of ketones is 2. The lowest BCUT2D eigenvalue weighted by atomic mass is 10.2. The van der Waals surface area contributed by atoms with Crippen LogP contribution in [0.15, 0.2) is 24.3 Å². The SMILES string of the molecule is C[C@H](N)C(=O)O.O=C1C=CC(=O)C=C1. The highest BCUT2D eigenvalue weighted by molar-refractivity contribution is 6.14. The van der Waals surface area contributed by atoms with Crippen LogP contribution in [0.2, 0.25) is 0 Å². The van der Waals surface area contributed by atoms with Gasteiger partial charge in [0, 0.05) is 0 Å². The van der Waals surface area contributed by atoms with E-state index in [1.54, 1.807) is 0 Å². The Morgan fingerprint density at radius 2 is 1.43 bits per heavy atom. The fourth-order valence-corrected chi connectivity index (χ4v) is 0.440. The molecule has 5 heteroatoms. The van der Waals surface area contributed by atoms with E-state index in [-0.39, 0.29) is 11.6 Å². The molecule has 1 aliphatic carbocycles. The van der Waals surface area contributed by atoms with Crippen molar-refractivity contribution in [1.29, 1.82) is 0 Å². The maximum Gasteiger partial charge on any atom is 0.320 e. The van der Waals surface area contributed by atoms with Crippen LogP contribution >= 0.6 is 0 Å². The van der Waals surface area contributed by atoms with E-state index in [1.165, 1.54) is 31.2 Å². The summed E-state index contributed by atoms with van der Waals surface area (Å²) in [6.07, 6.45) is 5.01. The third kappa shape index (κ3) is 5.84. The largest absolute Gasteiger partial charge is 0.480 e. The predicted molar refractivity (Wildman–Crippen MR) is 49.6 cm³/mol. The molecule has 76 valence electrons. The van der Waals surface area contributed by atoms with Crippen molar-refractivity contribution in [2.45, 2.75) is 13.0 Å². The van der Waals surface area contributed by atoms with Gasteiger partial charge in [-0.15, -0.1) is 0 Å². The first-order valence-corrected chi connectivity index (χ1v) is 3.86. The quantitative estimate of drug-likeness (QED) is 0.561. The minimum Gasteiger partial charge on any atom is -0.480 e. The van der Waals surface area contributed by atoms with Crippen molar-refractivity contribution in [2.24, 2.45) is 5.73 Å². The van der Waals surface area contributed by atoms with E-state index in [2.05, 4.69) is 0 Å². The van der Waals surface area contributed by atoms with Crippen molar-refractivity contribution in [3.05, 3.63) is 24.3 Å². The van der Waals surface area contributed by atoms with E-state index in [0.717, 1.165) is 0 Å². The average molecular weight is 197 g/mol. The minimum absolute atomic E-state index is 0.121. The highest BCUT2D eigenvalue weighted by Gasteiger charge is 1.99. The number of rotatable bonds is 1. The van der Waals surface area contributed by atoms with E-state index >= 15 is 0 Å². The molecule has 5 nitrogen and oxygen atoms in total. The first-order chi connectivity index (χ1) is 6.43. The molecule has 1 aliphatic rings. The van der Waals surface area contributed by atoms with Gasteiger partial charge >= 0.3 is 5.97 Å². The zero-order valence-electron chi connectivity index (χ0n) is 7.64. The number of allylic oxidation sites excluding steroid dienone is 4. The molecule has 0 aromatic heterocycles. The number of carbonyl (C=O) groups is 3. The molecule has 14 heavy (non-hydrogen) atoms. The summed E-state index contributed by atoms with van der Waals surface area (Å²) in [7, 11) is 0. The smallest absolute Gasteiger partial charge is 0.320 e. The van der Waals surface area contributed by atoms with Gasteiger partial charge in [-0.2, -0.15) is 0 Å². The highest BCUT2D eigenvalue weighted by atomic mass is 16.4. The monoisotopic (exact) mass is 197 g/mol. The summed E-state index contributed by atoms with van der Waals surface area (Å²) >= 11 is 0. The summed E-state index contributed by atoms with van der Waals surface area (Å²) in [4.78, 5) is 30.1. The zero-order valence-corrected chi connectivity index (χ0v) is 7.64. The van der Waals surface area contributed by atoms with Crippen LogP contribution in [0.1, 0.15) is 6.92 Å². The molecule has 0 amide bonds. The van der Waals surface area contributed by atoms with Gasteiger partial charge in [0.1, 0.15) is 6.04 Å². The van der Waals surface area contributed by atoms with Crippen LogP contribution in [0.4, 0.5) is 0 Å². The topological polar surface area (TPSA) is 97.5 Å². The number of hydrogen-bond acceptors (Lipinski definition) is 4. The number of carboxylic acids is 1. The van der Waals surface area contributed by atoms with Crippen LogP contribution in [0.25, 0.3) is 0 Å². The molecule has 0 saturated heterocycles. The number of aliphatic carboxylic acids is 1. The van der Waals surface area contributed by atoms with Crippen LogP contribution in [0, 0.1) is 0 Å². The molecule has 0 aromatic carbocycles. The summed E-state index contributed by atoms with van der Waals surface area (Å²) in [6.45, 7) is 1.42. The van der Waals surface area contributed by atoms with Gasteiger partial charge in [-0.3, -0.25) is 14.4 Å². The molecule has 0 saturated carbocycles. The van der Waals surface area contributed by atoms with Crippen molar-refractivity contribution >= 4 is 17.5 Å². The van der Waals surface area contributed by atoms with E-state index in [0.29, 0.717) is 0 Å². The Hall–Kier alpha value is -1.75. The zero-order chi connectivity index (χ0) is 11.1. The van der Waals surface area contributed by atoms with Crippen LogP contribution in [-0.2, 0) is 14.4 Å². The third-order valence-corrected chi connectivity index (χ3v) is 1.21. The minimum atomic E-state index is -0.963. The van der Waals surface area contributed by atoms with Gasteiger partial charge in [-0.1, -0.05) is 0 Å². The van der Waals surface area contributed by atoms with Crippen molar-refractivity contribution in [1.82, 2.24) is 0 Å². The number of carboxylic acid groups (broad SMARTS) is 1. The molecule has 0 unspecified atom stereocenters. The Morgan fingerprint density at radius 3 is 1.57 bits per heavy atom. The Bertz CT molecular complexity index is 264. The Morgan fingerprint density at radius 1 is 1.21 bits per heavy atom. The molecule has 0 heterocycles. The lowest BCUT2D eigenvalue weighted by molar-refractivity contribution is -0.138. The Labute approximate surface area is 80.9 Å². The van der Waals surface area contributed by atoms with E-state index in [9.17, 15) is 14.4 Å². The van der Waals surface area contributed by atoms with Crippen LogP contribution < -0.4 is 5.73 Å². The number of carbonyl (C=O) groups excluding carboxylic acids is 2. The molecule has 0 aliphatic heterocycles. The van der Waals surface area contributed by atoms with Gasteiger partial charge < -0.3 is 10.8 Å². The van der Waals surface area contributed by atoms with Crippen molar-refractivity contribution < 1.29 is 19.5 Å². The van der Waals surface area contributed by atoms with Crippen molar-refractivity contribution in [3.8, 4) is 0 Å². The molecule has 0 fully saturated rings. The summed E-state index contributed by atoms with van der Waals surface area (Å²) in [5.74, 6) is -1.20. The second-order valence-electron chi connectivity index (χ2n) is 2.60. The van der Waals surface area contributed by atoms with Gasteiger partial charge in [0.15, 0.2) is 11.6 Å². The summed E-state index contributed by atoms with van der Waals surface area (Å²) in [6, 6.07) is -0.731. The van der Waals surface area contributed by atoms with E-state index in [4.69, 9.17) is 10.8 Å². The van der Waals surface area contributed by atoms with Crippen LogP contribution in [0.3, 0.4) is 0 Å². The van der Waals surface area contributed by atoms with Gasteiger partial charge in [0.25, 0.3) is 0 Å². The van der Waals surface area contributed by atoms with E-state index < -0.39 is 12.0 Å². The van der Waals surface area contributed by atoms with Gasteiger partial charge in [-0.05, 0) is 31.2 Å². The maximum absolute atomic E-state index is 10.3.